The van der Waals surface area contributed by atoms with Crippen LogP contribution in [0.5, 0.6) is 0 Å². The van der Waals surface area contributed by atoms with Crippen molar-refractivity contribution >= 4 is 28.9 Å². The van der Waals surface area contributed by atoms with E-state index in [1.807, 2.05) is 0 Å². The van der Waals surface area contributed by atoms with E-state index < -0.39 is 39.3 Å². The number of nitro benzene ring substituents is 1. The average Bonchev–Trinajstić information content (AvgIpc) is 2.31. The summed E-state index contributed by atoms with van der Waals surface area (Å²) in [6.45, 7) is 3.04. The average molecular weight is 293 g/mol. The fourth-order valence-electron chi connectivity index (χ4n) is 1.13. The van der Waals surface area contributed by atoms with Gasteiger partial charge in [-0.2, -0.15) is 4.39 Å². The van der Waals surface area contributed by atoms with Crippen molar-refractivity contribution in [1.82, 2.24) is 0 Å². The minimum absolute atomic E-state index is 0.0241. The minimum atomic E-state index is -1.31. The molecular formula is C11H11ClF2N2O3. The predicted molar refractivity (Wildman–Crippen MR) is 66.1 cm³/mol. The normalized spacial score (nSPS) is 11.2. The summed E-state index contributed by atoms with van der Waals surface area (Å²) in [5, 5.41) is 12.7. The number of halogens is 3. The highest BCUT2D eigenvalue weighted by molar-refractivity contribution is 6.20. The summed E-state index contributed by atoms with van der Waals surface area (Å²) in [6, 6.07) is 0.980. The standard InChI is InChI=1S/C11H11ClF2N2O3/c1-11(2,5-12)10(17)15-8-4-9(16(18)19)7(14)3-6(8)13/h3-4H,5H2,1-2H3,(H,15,17). The Hall–Kier alpha value is -1.76. The van der Waals surface area contributed by atoms with E-state index >= 15 is 0 Å². The Kier molecular flexibility index (Phi) is 4.41. The van der Waals surface area contributed by atoms with E-state index in [0.717, 1.165) is 0 Å². The molecule has 0 heterocycles. The maximum atomic E-state index is 13.4. The van der Waals surface area contributed by atoms with Crippen molar-refractivity contribution in [1.29, 1.82) is 0 Å². The Balaban J connectivity index is 3.12. The SMILES string of the molecule is CC(C)(CCl)C(=O)Nc1cc([N+](=O)[O-])c(F)cc1F. The number of carbonyl (C=O) groups is 1. The molecule has 0 aliphatic heterocycles. The van der Waals surface area contributed by atoms with Crippen molar-refractivity contribution in [3.8, 4) is 0 Å². The number of alkyl halides is 1. The topological polar surface area (TPSA) is 72.2 Å². The number of nitrogens with zero attached hydrogens (tertiary/aromatic N) is 1. The molecule has 0 aliphatic rings. The molecule has 0 fully saturated rings. The first-order valence-corrected chi connectivity index (χ1v) is 5.73. The maximum Gasteiger partial charge on any atom is 0.307 e. The summed E-state index contributed by atoms with van der Waals surface area (Å²) in [5.74, 6) is -3.05. The number of anilines is 1. The molecule has 1 aromatic carbocycles. The fraction of sp³-hybridized carbons (Fsp3) is 0.364. The van der Waals surface area contributed by atoms with Gasteiger partial charge in [-0.15, -0.1) is 11.6 Å². The van der Waals surface area contributed by atoms with Crippen LogP contribution in [-0.2, 0) is 4.79 Å². The van der Waals surface area contributed by atoms with Gasteiger partial charge in [0.25, 0.3) is 0 Å². The van der Waals surface area contributed by atoms with Crippen LogP contribution in [0.25, 0.3) is 0 Å². The summed E-state index contributed by atoms with van der Waals surface area (Å²) in [7, 11) is 0. The highest BCUT2D eigenvalue weighted by atomic mass is 35.5. The van der Waals surface area contributed by atoms with Crippen LogP contribution in [0.3, 0.4) is 0 Å². The lowest BCUT2D eigenvalue weighted by Crippen LogP contribution is -2.32. The van der Waals surface area contributed by atoms with Gasteiger partial charge < -0.3 is 5.32 Å². The number of rotatable bonds is 4. The lowest BCUT2D eigenvalue weighted by atomic mass is 9.95. The lowest BCUT2D eigenvalue weighted by Gasteiger charge is -2.20. The van der Waals surface area contributed by atoms with Crippen LogP contribution < -0.4 is 5.32 Å². The van der Waals surface area contributed by atoms with Crippen LogP contribution >= 0.6 is 11.6 Å². The lowest BCUT2D eigenvalue weighted by molar-refractivity contribution is -0.387. The Morgan fingerprint density at radius 3 is 2.47 bits per heavy atom. The Morgan fingerprint density at radius 2 is 2.00 bits per heavy atom. The Labute approximate surface area is 112 Å². The summed E-state index contributed by atoms with van der Waals surface area (Å²) in [5.41, 5.74) is -2.37. The van der Waals surface area contributed by atoms with Crippen molar-refractivity contribution in [3.63, 3.8) is 0 Å². The second kappa shape index (κ2) is 5.48. The van der Waals surface area contributed by atoms with Crippen LogP contribution in [0, 0.1) is 27.2 Å². The summed E-state index contributed by atoms with van der Waals surface area (Å²) in [6.07, 6.45) is 0. The van der Waals surface area contributed by atoms with Gasteiger partial charge in [-0.1, -0.05) is 0 Å². The molecule has 1 N–H and O–H groups in total. The number of nitrogens with one attached hydrogen (secondary N) is 1. The van der Waals surface area contributed by atoms with Crippen LogP contribution in [0.2, 0.25) is 0 Å². The van der Waals surface area contributed by atoms with Gasteiger partial charge in [0.15, 0.2) is 0 Å². The molecule has 0 atom stereocenters. The number of hydrogen-bond donors (Lipinski definition) is 1. The van der Waals surface area contributed by atoms with Gasteiger partial charge in [-0.25, -0.2) is 4.39 Å². The Bertz CT molecular complexity index is 535. The van der Waals surface area contributed by atoms with Crippen molar-refractivity contribution in [2.45, 2.75) is 13.8 Å². The highest BCUT2D eigenvalue weighted by Gasteiger charge is 2.28. The molecule has 0 saturated carbocycles. The maximum absolute atomic E-state index is 13.4. The molecule has 0 aliphatic carbocycles. The second-order valence-corrected chi connectivity index (χ2v) is 4.78. The summed E-state index contributed by atoms with van der Waals surface area (Å²) < 4.78 is 26.5. The Morgan fingerprint density at radius 1 is 1.42 bits per heavy atom. The zero-order valence-corrected chi connectivity index (χ0v) is 10.9. The van der Waals surface area contributed by atoms with Gasteiger partial charge in [0.2, 0.25) is 11.7 Å². The molecule has 0 radical (unpaired) electrons. The molecular weight excluding hydrogens is 282 g/mol. The molecule has 0 saturated heterocycles. The third-order valence-corrected chi connectivity index (χ3v) is 3.10. The van der Waals surface area contributed by atoms with Crippen molar-refractivity contribution < 1.29 is 18.5 Å². The van der Waals surface area contributed by atoms with Gasteiger partial charge in [0.05, 0.1) is 16.0 Å². The quantitative estimate of drug-likeness (QED) is 0.526. The first kappa shape index (κ1) is 15.3. The zero-order chi connectivity index (χ0) is 14.8. The molecule has 8 heteroatoms. The molecule has 5 nitrogen and oxygen atoms in total. The molecule has 0 spiro atoms. The van der Waals surface area contributed by atoms with E-state index in [1.54, 1.807) is 0 Å². The third kappa shape index (κ3) is 3.37. The predicted octanol–water partition coefficient (Wildman–Crippen LogP) is 3.08. The number of benzene rings is 1. The number of carbonyl (C=O) groups excluding carboxylic acids is 1. The van der Waals surface area contributed by atoms with Gasteiger partial charge in [-0.05, 0) is 13.8 Å². The van der Waals surface area contributed by atoms with E-state index in [9.17, 15) is 23.7 Å². The van der Waals surface area contributed by atoms with Crippen molar-refractivity contribution in [2.24, 2.45) is 5.41 Å². The monoisotopic (exact) mass is 292 g/mol. The van der Waals surface area contributed by atoms with E-state index in [2.05, 4.69) is 5.32 Å². The molecule has 1 amide bonds. The number of hydrogen-bond acceptors (Lipinski definition) is 3. The largest absolute Gasteiger partial charge is 0.323 e. The molecule has 0 bridgehead atoms. The van der Waals surface area contributed by atoms with Crippen LogP contribution in [0.1, 0.15) is 13.8 Å². The van der Waals surface area contributed by atoms with Crippen LogP contribution in [0.15, 0.2) is 12.1 Å². The highest BCUT2D eigenvalue weighted by Crippen LogP contribution is 2.27. The summed E-state index contributed by atoms with van der Waals surface area (Å²) >= 11 is 5.58. The molecule has 104 valence electrons. The van der Waals surface area contributed by atoms with Gasteiger partial charge >= 0.3 is 5.69 Å². The van der Waals surface area contributed by atoms with Gasteiger partial charge in [0.1, 0.15) is 5.82 Å². The first-order chi connectivity index (χ1) is 8.69. The molecule has 0 aromatic heterocycles. The van der Waals surface area contributed by atoms with E-state index in [4.69, 9.17) is 11.6 Å². The van der Waals surface area contributed by atoms with Crippen LogP contribution in [0.4, 0.5) is 20.2 Å². The van der Waals surface area contributed by atoms with Gasteiger partial charge in [-0.3, -0.25) is 14.9 Å². The second-order valence-electron chi connectivity index (χ2n) is 4.51. The van der Waals surface area contributed by atoms with E-state index in [-0.39, 0.29) is 5.88 Å². The third-order valence-electron chi connectivity index (χ3n) is 2.43. The first-order valence-electron chi connectivity index (χ1n) is 5.20. The fourth-order valence-corrected chi connectivity index (χ4v) is 1.25. The number of amides is 1. The number of nitro groups is 1. The van der Waals surface area contributed by atoms with Gasteiger partial charge in [0, 0.05) is 18.0 Å². The van der Waals surface area contributed by atoms with Crippen LogP contribution in [-0.4, -0.2) is 16.7 Å². The molecule has 0 unspecified atom stereocenters. The van der Waals surface area contributed by atoms with E-state index in [0.29, 0.717) is 12.1 Å². The molecule has 1 rings (SSSR count). The van der Waals surface area contributed by atoms with Crippen molar-refractivity contribution in [3.05, 3.63) is 33.9 Å². The van der Waals surface area contributed by atoms with Crippen molar-refractivity contribution in [2.75, 3.05) is 11.2 Å². The smallest absolute Gasteiger partial charge is 0.307 e. The van der Waals surface area contributed by atoms with E-state index in [1.165, 1.54) is 13.8 Å². The molecule has 19 heavy (non-hydrogen) atoms. The zero-order valence-electron chi connectivity index (χ0n) is 10.2. The summed E-state index contributed by atoms with van der Waals surface area (Å²) in [4.78, 5) is 21.3. The molecule has 1 aromatic rings. The minimum Gasteiger partial charge on any atom is -0.323 e.